The van der Waals surface area contributed by atoms with Gasteiger partial charge in [0.15, 0.2) is 5.96 Å². The smallest absolute Gasteiger partial charge is 0.245 e. The summed E-state index contributed by atoms with van der Waals surface area (Å²) in [5.74, 6) is -5.58. The Morgan fingerprint density at radius 1 is 0.741 bits per heavy atom. The lowest BCUT2D eigenvalue weighted by atomic mass is 9.87. The van der Waals surface area contributed by atoms with Gasteiger partial charge in [0.2, 0.25) is 41.4 Å². The molecule has 2 rings (SSSR count). The maximum absolute atomic E-state index is 13.8. The number of amides is 7. The van der Waals surface area contributed by atoms with Crippen LogP contribution < -0.4 is 49.5 Å². The van der Waals surface area contributed by atoms with Crippen LogP contribution in [0, 0.1) is 11.8 Å². The summed E-state index contributed by atoms with van der Waals surface area (Å²) in [6.07, 6.45) is 5.39. The number of primary amides is 2. The molecule has 1 aliphatic carbocycles. The lowest BCUT2D eigenvalue weighted by molar-refractivity contribution is -0.136. The Balaban J connectivity index is 2.24. The minimum atomic E-state index is -1.57. The van der Waals surface area contributed by atoms with Crippen molar-refractivity contribution in [3.63, 3.8) is 0 Å². The van der Waals surface area contributed by atoms with Crippen LogP contribution in [-0.4, -0.2) is 95.8 Å². The molecule has 7 amide bonds. The monoisotopic (exact) mass is 758 g/mol. The highest BCUT2D eigenvalue weighted by atomic mass is 16.3. The normalized spacial score (nSPS) is 15.7. The van der Waals surface area contributed by atoms with Crippen molar-refractivity contribution in [2.45, 2.75) is 115 Å². The van der Waals surface area contributed by atoms with Crippen LogP contribution in [0.15, 0.2) is 35.3 Å². The summed E-state index contributed by atoms with van der Waals surface area (Å²) in [6, 6.07) is 2.72. The topological polar surface area (TPSA) is 316 Å². The second kappa shape index (κ2) is 23.4. The fourth-order valence-electron chi connectivity index (χ4n) is 6.10. The number of guanidine groups is 1. The molecule has 0 saturated heterocycles. The molecule has 0 aliphatic heterocycles. The third-order valence-corrected chi connectivity index (χ3v) is 9.11. The van der Waals surface area contributed by atoms with E-state index in [4.69, 9.17) is 22.9 Å². The molecule has 5 atom stereocenters. The quantitative estimate of drug-likeness (QED) is 0.0335. The molecular weight excluding hydrogens is 700 g/mol. The molecule has 0 heterocycles. The minimum absolute atomic E-state index is 0.0129. The van der Waals surface area contributed by atoms with Crippen LogP contribution in [0.5, 0.6) is 0 Å². The number of nitrogens with one attached hydrogen (secondary N) is 5. The minimum Gasteiger partial charge on any atom is -0.394 e. The first-order valence-electron chi connectivity index (χ1n) is 18.4. The summed E-state index contributed by atoms with van der Waals surface area (Å²) >= 11 is 0. The Morgan fingerprint density at radius 3 is 1.91 bits per heavy atom. The molecule has 1 aromatic carbocycles. The number of aliphatic imine (C=N–C) groups is 1. The van der Waals surface area contributed by atoms with E-state index in [0.29, 0.717) is 0 Å². The van der Waals surface area contributed by atoms with E-state index in [-0.39, 0.29) is 62.9 Å². The number of nitrogens with two attached hydrogens (primary N) is 4. The SMILES string of the molecule is CC(C)[C@H](NC(=O)[C@H](CO)NC(=O)[C@H](CCCN=C(N)N)NC(=O)[C@@H](Cc1ccccc1)NC(=O)CC1CCCCC1)C(=O)N[C@@H](CCC(N)=O)C(N)=O. The number of hydrogen-bond donors (Lipinski definition) is 10. The van der Waals surface area contributed by atoms with Crippen LogP contribution in [0.2, 0.25) is 0 Å². The number of carbonyl (C=O) groups excluding carboxylic acids is 7. The van der Waals surface area contributed by atoms with Gasteiger partial charge in [-0.2, -0.15) is 0 Å². The number of carbonyl (C=O) groups is 7. The predicted molar refractivity (Wildman–Crippen MR) is 200 cm³/mol. The Morgan fingerprint density at radius 2 is 1.33 bits per heavy atom. The summed E-state index contributed by atoms with van der Waals surface area (Å²) in [5, 5.41) is 23.0. The fraction of sp³-hybridized carbons (Fsp3) is 0.611. The molecule has 0 unspecified atom stereocenters. The van der Waals surface area contributed by atoms with Crippen molar-refractivity contribution < 1.29 is 38.7 Å². The first kappa shape index (κ1) is 44.9. The van der Waals surface area contributed by atoms with E-state index in [1.807, 2.05) is 30.3 Å². The third kappa shape index (κ3) is 16.6. The van der Waals surface area contributed by atoms with E-state index in [1.165, 1.54) is 0 Å². The van der Waals surface area contributed by atoms with Crippen LogP contribution in [-0.2, 0) is 40.0 Å². The number of nitrogens with zero attached hydrogens (tertiary/aromatic N) is 1. The van der Waals surface area contributed by atoms with Crippen molar-refractivity contribution in [1.82, 2.24) is 26.6 Å². The Kier molecular flexibility index (Phi) is 19.5. The van der Waals surface area contributed by atoms with Crippen LogP contribution in [0.3, 0.4) is 0 Å². The second-order valence-electron chi connectivity index (χ2n) is 14.0. The molecule has 0 aromatic heterocycles. The average molecular weight is 759 g/mol. The molecule has 1 aromatic rings. The molecule has 0 bridgehead atoms. The van der Waals surface area contributed by atoms with Crippen molar-refractivity contribution in [3.8, 4) is 0 Å². The highest BCUT2D eigenvalue weighted by Crippen LogP contribution is 2.26. The average Bonchev–Trinajstić information content (AvgIpc) is 3.12. The Bertz CT molecular complexity index is 1450. The van der Waals surface area contributed by atoms with Gasteiger partial charge in [0.05, 0.1) is 6.61 Å². The number of hydrogen-bond acceptors (Lipinski definition) is 9. The van der Waals surface area contributed by atoms with Gasteiger partial charge in [-0.3, -0.25) is 38.6 Å². The maximum atomic E-state index is 13.8. The largest absolute Gasteiger partial charge is 0.394 e. The number of rotatable bonds is 23. The fourth-order valence-corrected chi connectivity index (χ4v) is 6.10. The van der Waals surface area contributed by atoms with Crippen LogP contribution in [0.25, 0.3) is 0 Å². The lowest BCUT2D eigenvalue weighted by Crippen LogP contribution is -2.60. The highest BCUT2D eigenvalue weighted by Gasteiger charge is 2.33. The third-order valence-electron chi connectivity index (χ3n) is 9.11. The zero-order valence-corrected chi connectivity index (χ0v) is 31.2. The molecule has 54 heavy (non-hydrogen) atoms. The van der Waals surface area contributed by atoms with E-state index in [1.54, 1.807) is 13.8 Å². The summed E-state index contributed by atoms with van der Waals surface area (Å²) in [4.78, 5) is 94.1. The Hall–Kier alpha value is -5.26. The number of benzene rings is 1. The molecule has 0 radical (unpaired) electrons. The van der Waals surface area contributed by atoms with Gasteiger partial charge in [-0.1, -0.05) is 63.4 Å². The molecule has 1 fully saturated rings. The summed E-state index contributed by atoms with van der Waals surface area (Å²) in [5.41, 5.74) is 22.2. The molecule has 14 N–H and O–H groups in total. The second-order valence-corrected chi connectivity index (χ2v) is 14.0. The van der Waals surface area contributed by atoms with Gasteiger partial charge in [-0.15, -0.1) is 0 Å². The molecule has 1 aliphatic rings. The predicted octanol–water partition coefficient (Wildman–Crippen LogP) is -1.92. The van der Waals surface area contributed by atoms with Gasteiger partial charge < -0.3 is 54.6 Å². The van der Waals surface area contributed by atoms with Crippen molar-refractivity contribution in [2.24, 2.45) is 39.8 Å². The van der Waals surface area contributed by atoms with E-state index in [0.717, 1.165) is 37.7 Å². The molecule has 0 spiro atoms. The van der Waals surface area contributed by atoms with E-state index in [9.17, 15) is 38.7 Å². The van der Waals surface area contributed by atoms with E-state index in [2.05, 4.69) is 31.6 Å². The van der Waals surface area contributed by atoms with Crippen LogP contribution in [0.1, 0.15) is 83.6 Å². The molecule has 18 heteroatoms. The Labute approximate surface area is 315 Å². The number of aliphatic hydroxyl groups is 1. The van der Waals surface area contributed by atoms with Crippen LogP contribution >= 0.6 is 0 Å². The zero-order valence-electron chi connectivity index (χ0n) is 31.2. The van der Waals surface area contributed by atoms with Gasteiger partial charge in [-0.05, 0) is 49.5 Å². The van der Waals surface area contributed by atoms with Crippen molar-refractivity contribution in [1.29, 1.82) is 0 Å². The molecule has 1 saturated carbocycles. The van der Waals surface area contributed by atoms with Gasteiger partial charge >= 0.3 is 0 Å². The standard InChI is InChI=1S/C36H58N10O8/c1-21(2)30(35(54)43-24(31(38)50)15-16-28(37)48)46-34(53)27(20-47)45-32(51)25(14-9-17-41-36(39)40)44-33(52)26(18-22-10-5-3-6-11-22)42-29(49)19-23-12-7-4-8-13-23/h3,5-6,10-11,21,23-27,30,47H,4,7-9,12-20H2,1-2H3,(H2,37,48)(H2,38,50)(H,42,49)(H,43,54)(H,44,52)(H,45,51)(H,46,53)(H4,39,40,41)/t24-,25-,26+,27-,30-/m0/s1. The van der Waals surface area contributed by atoms with Gasteiger partial charge in [0.1, 0.15) is 30.2 Å². The van der Waals surface area contributed by atoms with Crippen molar-refractivity contribution in [3.05, 3.63) is 35.9 Å². The first-order valence-corrected chi connectivity index (χ1v) is 18.4. The van der Waals surface area contributed by atoms with E-state index >= 15 is 0 Å². The maximum Gasteiger partial charge on any atom is 0.245 e. The molecular formula is C36H58N10O8. The summed E-state index contributed by atoms with van der Waals surface area (Å²) in [6.45, 7) is 2.47. The van der Waals surface area contributed by atoms with Crippen molar-refractivity contribution >= 4 is 47.3 Å². The summed E-state index contributed by atoms with van der Waals surface area (Å²) < 4.78 is 0. The van der Waals surface area contributed by atoms with Gasteiger partial charge in [-0.25, -0.2) is 0 Å². The van der Waals surface area contributed by atoms with Gasteiger partial charge in [0.25, 0.3) is 0 Å². The van der Waals surface area contributed by atoms with Gasteiger partial charge in [0, 0.05) is 25.8 Å². The van der Waals surface area contributed by atoms with Crippen LogP contribution in [0.4, 0.5) is 0 Å². The zero-order chi connectivity index (χ0) is 40.2. The summed E-state index contributed by atoms with van der Waals surface area (Å²) in [7, 11) is 0. The molecule has 300 valence electrons. The highest BCUT2D eigenvalue weighted by molar-refractivity contribution is 5.96. The lowest BCUT2D eigenvalue weighted by Gasteiger charge is -2.28. The molecule has 18 nitrogen and oxygen atoms in total. The van der Waals surface area contributed by atoms with E-state index < -0.39 is 78.2 Å². The first-order chi connectivity index (χ1) is 25.6. The van der Waals surface area contributed by atoms with Crippen molar-refractivity contribution in [2.75, 3.05) is 13.2 Å². The number of aliphatic hydroxyl groups excluding tert-OH is 1.